The van der Waals surface area contributed by atoms with Gasteiger partial charge in [0.2, 0.25) is 0 Å². The number of imide groups is 1. The highest BCUT2D eigenvalue weighted by atomic mass is 16.5. The molecule has 6 nitrogen and oxygen atoms in total. The minimum absolute atomic E-state index is 0.550. The summed E-state index contributed by atoms with van der Waals surface area (Å²) >= 11 is 0. The number of H-pyrrole nitrogens is 1. The Kier molecular flexibility index (Phi) is 3.18. The standard InChI is InChI=1S/C12H13N3O3/c1-7(11(16)15-12(13)17)18-9-2-3-10-8(6-9)4-5-14-10/h2-7,14H,1H3,(H3,13,15,16,17). The maximum absolute atomic E-state index is 11.4. The molecule has 0 radical (unpaired) electrons. The lowest BCUT2D eigenvalue weighted by Gasteiger charge is -2.13. The quantitative estimate of drug-likeness (QED) is 0.758. The number of carbonyl (C=O) groups is 2. The van der Waals surface area contributed by atoms with Crippen LogP contribution in [-0.2, 0) is 4.79 Å². The summed E-state index contributed by atoms with van der Waals surface area (Å²) in [5, 5.41) is 2.95. The van der Waals surface area contributed by atoms with Crippen LogP contribution in [0.25, 0.3) is 10.9 Å². The van der Waals surface area contributed by atoms with Crippen molar-refractivity contribution < 1.29 is 14.3 Å². The number of nitrogens with one attached hydrogen (secondary N) is 2. The molecule has 6 heteroatoms. The van der Waals surface area contributed by atoms with Gasteiger partial charge in [-0.15, -0.1) is 0 Å². The van der Waals surface area contributed by atoms with Gasteiger partial charge in [0, 0.05) is 17.1 Å². The monoisotopic (exact) mass is 247 g/mol. The predicted octanol–water partition coefficient (Wildman–Crippen LogP) is 1.13. The van der Waals surface area contributed by atoms with Gasteiger partial charge in [0.05, 0.1) is 0 Å². The van der Waals surface area contributed by atoms with Gasteiger partial charge in [0.25, 0.3) is 5.91 Å². The Morgan fingerprint density at radius 2 is 2.17 bits per heavy atom. The van der Waals surface area contributed by atoms with Crippen LogP contribution >= 0.6 is 0 Å². The van der Waals surface area contributed by atoms with E-state index in [0.717, 1.165) is 10.9 Å². The van der Waals surface area contributed by atoms with Crippen molar-refractivity contribution in [2.75, 3.05) is 0 Å². The molecule has 1 unspecified atom stereocenters. The predicted molar refractivity (Wildman–Crippen MR) is 66.1 cm³/mol. The number of hydrogen-bond donors (Lipinski definition) is 3. The zero-order valence-electron chi connectivity index (χ0n) is 9.77. The first-order valence-corrected chi connectivity index (χ1v) is 5.40. The number of rotatable bonds is 3. The van der Waals surface area contributed by atoms with Gasteiger partial charge in [0.1, 0.15) is 5.75 Å². The number of fused-ring (bicyclic) bond motifs is 1. The van der Waals surface area contributed by atoms with E-state index in [4.69, 9.17) is 10.5 Å². The first kappa shape index (κ1) is 12.0. The van der Waals surface area contributed by atoms with Crippen LogP contribution < -0.4 is 15.8 Å². The third-order valence-electron chi connectivity index (χ3n) is 2.45. The lowest BCUT2D eigenvalue weighted by Crippen LogP contribution is -2.42. The van der Waals surface area contributed by atoms with Crippen LogP contribution in [0.4, 0.5) is 4.79 Å². The van der Waals surface area contributed by atoms with Gasteiger partial charge < -0.3 is 15.5 Å². The van der Waals surface area contributed by atoms with E-state index in [0.29, 0.717) is 5.75 Å². The summed E-state index contributed by atoms with van der Waals surface area (Å²) in [6.07, 6.45) is 1.02. The number of ether oxygens (including phenoxy) is 1. The lowest BCUT2D eigenvalue weighted by atomic mass is 10.2. The number of benzene rings is 1. The Bertz CT molecular complexity index is 591. The summed E-state index contributed by atoms with van der Waals surface area (Å²) in [4.78, 5) is 25.0. The second-order valence-electron chi connectivity index (χ2n) is 3.84. The fraction of sp³-hybridized carbons (Fsp3) is 0.167. The van der Waals surface area contributed by atoms with Crippen LogP contribution in [-0.4, -0.2) is 23.0 Å². The van der Waals surface area contributed by atoms with Crippen LogP contribution in [0.2, 0.25) is 0 Å². The zero-order chi connectivity index (χ0) is 13.1. The molecule has 1 aromatic heterocycles. The average molecular weight is 247 g/mol. The molecule has 1 heterocycles. The molecule has 0 spiro atoms. The van der Waals surface area contributed by atoms with Gasteiger partial charge in [-0.05, 0) is 31.2 Å². The molecule has 0 aliphatic heterocycles. The third-order valence-corrected chi connectivity index (χ3v) is 2.45. The second kappa shape index (κ2) is 4.79. The first-order valence-electron chi connectivity index (χ1n) is 5.40. The van der Waals surface area contributed by atoms with Crippen LogP contribution in [0.1, 0.15) is 6.92 Å². The van der Waals surface area contributed by atoms with Crippen LogP contribution in [0.3, 0.4) is 0 Å². The summed E-state index contributed by atoms with van der Waals surface area (Å²) in [6.45, 7) is 1.54. The van der Waals surface area contributed by atoms with E-state index in [1.54, 1.807) is 19.1 Å². The van der Waals surface area contributed by atoms with Crippen molar-refractivity contribution in [3.05, 3.63) is 30.5 Å². The van der Waals surface area contributed by atoms with E-state index in [1.165, 1.54) is 0 Å². The van der Waals surface area contributed by atoms with E-state index in [2.05, 4.69) is 4.98 Å². The SMILES string of the molecule is CC(Oc1ccc2[nH]ccc2c1)C(=O)NC(N)=O. The topological polar surface area (TPSA) is 97.2 Å². The number of aromatic amines is 1. The van der Waals surface area contributed by atoms with Crippen molar-refractivity contribution in [2.45, 2.75) is 13.0 Å². The summed E-state index contributed by atoms with van der Waals surface area (Å²) in [5.41, 5.74) is 5.84. The van der Waals surface area contributed by atoms with Gasteiger partial charge in [0.15, 0.2) is 6.10 Å². The Morgan fingerprint density at radius 3 is 2.89 bits per heavy atom. The molecule has 2 rings (SSSR count). The summed E-state index contributed by atoms with van der Waals surface area (Å²) in [5.74, 6) is -0.0223. The molecule has 0 saturated carbocycles. The van der Waals surface area contributed by atoms with Gasteiger partial charge in [-0.25, -0.2) is 4.79 Å². The zero-order valence-corrected chi connectivity index (χ0v) is 9.77. The molecule has 1 aromatic carbocycles. The molecule has 4 N–H and O–H groups in total. The Labute approximate surface area is 103 Å². The lowest BCUT2D eigenvalue weighted by molar-refractivity contribution is -0.126. The number of hydrogen-bond acceptors (Lipinski definition) is 3. The third kappa shape index (κ3) is 2.60. The Balaban J connectivity index is 2.08. The van der Waals surface area contributed by atoms with Crippen molar-refractivity contribution in [1.29, 1.82) is 0 Å². The molecule has 0 aliphatic rings. The average Bonchev–Trinajstić information content (AvgIpc) is 2.75. The van der Waals surface area contributed by atoms with Crippen LogP contribution in [0.5, 0.6) is 5.75 Å². The highest BCUT2D eigenvalue weighted by Crippen LogP contribution is 2.20. The number of aromatic nitrogens is 1. The van der Waals surface area contributed by atoms with Crippen LogP contribution in [0, 0.1) is 0 Å². The number of nitrogens with two attached hydrogens (primary N) is 1. The molecule has 0 fully saturated rings. The molecule has 1 atom stereocenters. The molecular weight excluding hydrogens is 234 g/mol. The number of primary amides is 1. The van der Waals surface area contributed by atoms with Crippen LogP contribution in [0.15, 0.2) is 30.5 Å². The summed E-state index contributed by atoms with van der Waals surface area (Å²) in [7, 11) is 0. The van der Waals surface area contributed by atoms with Gasteiger partial charge in [-0.3, -0.25) is 10.1 Å². The number of carbonyl (C=O) groups excluding carboxylic acids is 2. The maximum atomic E-state index is 11.4. The Morgan fingerprint density at radius 1 is 1.39 bits per heavy atom. The van der Waals surface area contributed by atoms with E-state index in [-0.39, 0.29) is 0 Å². The molecular formula is C12H13N3O3. The normalized spacial score (nSPS) is 12.1. The fourth-order valence-corrected chi connectivity index (χ4v) is 1.59. The second-order valence-corrected chi connectivity index (χ2v) is 3.84. The fourth-order valence-electron chi connectivity index (χ4n) is 1.59. The minimum atomic E-state index is -0.892. The van der Waals surface area contributed by atoms with E-state index in [9.17, 15) is 9.59 Å². The smallest absolute Gasteiger partial charge is 0.318 e. The van der Waals surface area contributed by atoms with Crippen molar-refractivity contribution in [3.8, 4) is 5.75 Å². The summed E-state index contributed by atoms with van der Waals surface area (Å²) < 4.78 is 5.42. The molecule has 0 bridgehead atoms. The molecule has 0 aliphatic carbocycles. The molecule has 2 aromatic rings. The van der Waals surface area contributed by atoms with Gasteiger partial charge in [-0.1, -0.05) is 0 Å². The van der Waals surface area contributed by atoms with E-state index in [1.807, 2.05) is 23.6 Å². The van der Waals surface area contributed by atoms with E-state index >= 15 is 0 Å². The van der Waals surface area contributed by atoms with Crippen molar-refractivity contribution in [3.63, 3.8) is 0 Å². The number of amides is 3. The van der Waals surface area contributed by atoms with E-state index < -0.39 is 18.0 Å². The summed E-state index contributed by atoms with van der Waals surface area (Å²) in [6, 6.07) is 6.41. The highest BCUT2D eigenvalue weighted by molar-refractivity contribution is 5.95. The molecule has 0 saturated heterocycles. The van der Waals surface area contributed by atoms with Gasteiger partial charge in [-0.2, -0.15) is 0 Å². The minimum Gasteiger partial charge on any atom is -0.481 e. The maximum Gasteiger partial charge on any atom is 0.318 e. The first-order chi connectivity index (χ1) is 8.56. The van der Waals surface area contributed by atoms with Crippen molar-refractivity contribution >= 4 is 22.8 Å². The largest absolute Gasteiger partial charge is 0.481 e. The molecule has 94 valence electrons. The molecule has 3 amide bonds. The van der Waals surface area contributed by atoms with Crippen molar-refractivity contribution in [1.82, 2.24) is 10.3 Å². The van der Waals surface area contributed by atoms with Gasteiger partial charge >= 0.3 is 6.03 Å². The Hall–Kier alpha value is -2.50. The van der Waals surface area contributed by atoms with Crippen molar-refractivity contribution in [2.24, 2.45) is 5.73 Å². The number of urea groups is 1. The molecule has 18 heavy (non-hydrogen) atoms. The highest BCUT2D eigenvalue weighted by Gasteiger charge is 2.16.